The highest BCUT2D eigenvalue weighted by Gasteiger charge is 2.26. The lowest BCUT2D eigenvalue weighted by molar-refractivity contribution is 0.192. The molecule has 0 saturated carbocycles. The molecule has 1 aromatic carbocycles. The summed E-state index contributed by atoms with van der Waals surface area (Å²) in [4.78, 5) is 0. The molecule has 2 rings (SSSR count). The first-order valence-electron chi connectivity index (χ1n) is 6.31. The van der Waals surface area contributed by atoms with E-state index < -0.39 is 23.3 Å². The molecule has 0 aliphatic heterocycles. The Balaban J connectivity index is 2.52. The van der Waals surface area contributed by atoms with E-state index in [0.717, 1.165) is 18.6 Å². The predicted molar refractivity (Wildman–Crippen MR) is 69.5 cm³/mol. The van der Waals surface area contributed by atoms with Gasteiger partial charge in [0.1, 0.15) is 23.4 Å². The second kappa shape index (κ2) is 6.00. The fourth-order valence-corrected chi connectivity index (χ4v) is 2.11. The fraction of sp³-hybridized carbons (Fsp3) is 0.357. The number of aliphatic hydroxyl groups excluding tert-OH is 1. The van der Waals surface area contributed by atoms with E-state index in [1.165, 1.54) is 24.1 Å². The highest BCUT2D eigenvalue weighted by Crippen LogP contribution is 2.32. The van der Waals surface area contributed by atoms with Crippen LogP contribution in [0.15, 0.2) is 24.4 Å². The lowest BCUT2D eigenvalue weighted by atomic mass is 10.0. The first-order chi connectivity index (χ1) is 9.60. The molecule has 4 nitrogen and oxygen atoms in total. The molecule has 1 heterocycles. The van der Waals surface area contributed by atoms with Crippen molar-refractivity contribution in [3.05, 3.63) is 47.3 Å². The van der Waals surface area contributed by atoms with Gasteiger partial charge in [-0.15, -0.1) is 0 Å². The van der Waals surface area contributed by atoms with Gasteiger partial charge in [0.2, 0.25) is 0 Å². The van der Waals surface area contributed by atoms with Crippen molar-refractivity contribution in [2.45, 2.75) is 26.0 Å². The number of benzene rings is 1. The van der Waals surface area contributed by atoms with Crippen molar-refractivity contribution >= 4 is 0 Å². The zero-order valence-electron chi connectivity index (χ0n) is 11.3. The van der Waals surface area contributed by atoms with Crippen LogP contribution >= 0.6 is 0 Å². The third-order valence-corrected chi connectivity index (χ3v) is 3.03. The quantitative estimate of drug-likeness (QED) is 0.917. The molecule has 2 aromatic rings. The van der Waals surface area contributed by atoms with Gasteiger partial charge in [0.05, 0.1) is 18.9 Å². The summed E-state index contributed by atoms with van der Waals surface area (Å²) in [6.07, 6.45) is 0.720. The van der Waals surface area contributed by atoms with Crippen LogP contribution in [0.1, 0.15) is 30.7 Å². The Kier molecular flexibility index (Phi) is 4.34. The van der Waals surface area contributed by atoms with Gasteiger partial charge in [-0.3, -0.25) is 4.68 Å². The highest BCUT2D eigenvalue weighted by molar-refractivity contribution is 5.36. The van der Waals surface area contributed by atoms with Gasteiger partial charge in [-0.05, 0) is 18.6 Å². The third kappa shape index (κ3) is 2.51. The maximum atomic E-state index is 13.8. The molecular formula is C14H16F2N2O2. The van der Waals surface area contributed by atoms with Crippen LogP contribution in [-0.4, -0.2) is 22.0 Å². The van der Waals surface area contributed by atoms with Crippen LogP contribution in [-0.2, 0) is 6.54 Å². The van der Waals surface area contributed by atoms with Gasteiger partial charge < -0.3 is 9.84 Å². The molecule has 108 valence electrons. The van der Waals surface area contributed by atoms with Crippen LogP contribution in [0.3, 0.4) is 0 Å². The molecule has 0 radical (unpaired) electrons. The van der Waals surface area contributed by atoms with Crippen molar-refractivity contribution in [2.24, 2.45) is 0 Å². The van der Waals surface area contributed by atoms with E-state index in [1.54, 1.807) is 0 Å². The summed E-state index contributed by atoms with van der Waals surface area (Å²) in [6, 6.07) is 3.46. The average molecular weight is 282 g/mol. The number of nitrogens with zero attached hydrogens (tertiary/aromatic N) is 2. The zero-order chi connectivity index (χ0) is 14.7. The van der Waals surface area contributed by atoms with E-state index in [1.807, 2.05) is 6.92 Å². The van der Waals surface area contributed by atoms with Crippen LogP contribution < -0.4 is 4.74 Å². The molecule has 0 aliphatic carbocycles. The first kappa shape index (κ1) is 14.5. The van der Waals surface area contributed by atoms with Crippen LogP contribution in [0.4, 0.5) is 8.78 Å². The first-order valence-corrected chi connectivity index (χ1v) is 6.31. The number of methoxy groups -OCH3 is 1. The van der Waals surface area contributed by atoms with Crippen LogP contribution in [0.25, 0.3) is 0 Å². The molecule has 0 saturated heterocycles. The largest absolute Gasteiger partial charge is 0.493 e. The highest BCUT2D eigenvalue weighted by atomic mass is 19.1. The SMILES string of the molecule is CCCn1ncc(OC)c1C(O)c1c(F)cccc1F. The number of ether oxygens (including phenoxy) is 1. The molecular weight excluding hydrogens is 266 g/mol. The lowest BCUT2D eigenvalue weighted by Crippen LogP contribution is -2.13. The minimum absolute atomic E-state index is 0.248. The van der Waals surface area contributed by atoms with Gasteiger partial charge in [-0.1, -0.05) is 13.0 Å². The Morgan fingerprint density at radius 3 is 2.55 bits per heavy atom. The van der Waals surface area contributed by atoms with Crippen molar-refractivity contribution in [1.29, 1.82) is 0 Å². The second-order valence-electron chi connectivity index (χ2n) is 4.36. The van der Waals surface area contributed by atoms with E-state index in [-0.39, 0.29) is 5.69 Å². The topological polar surface area (TPSA) is 47.3 Å². The van der Waals surface area contributed by atoms with Crippen molar-refractivity contribution in [1.82, 2.24) is 9.78 Å². The number of rotatable bonds is 5. The smallest absolute Gasteiger partial charge is 0.163 e. The van der Waals surface area contributed by atoms with Gasteiger partial charge in [0, 0.05) is 6.54 Å². The van der Waals surface area contributed by atoms with Gasteiger partial charge in [-0.2, -0.15) is 5.10 Å². The van der Waals surface area contributed by atoms with E-state index >= 15 is 0 Å². The number of aliphatic hydroxyl groups is 1. The van der Waals surface area contributed by atoms with E-state index in [4.69, 9.17) is 4.74 Å². The minimum Gasteiger partial charge on any atom is -0.493 e. The standard InChI is InChI=1S/C14H16F2N2O2/c1-3-7-18-13(11(20-2)8-17-18)14(19)12-9(15)5-4-6-10(12)16/h4-6,8,14,19H,3,7H2,1-2H3. The van der Waals surface area contributed by atoms with Crippen LogP contribution in [0.5, 0.6) is 5.75 Å². The summed E-state index contributed by atoms with van der Waals surface area (Å²) >= 11 is 0. The summed E-state index contributed by atoms with van der Waals surface area (Å²) in [5.41, 5.74) is -0.151. The summed E-state index contributed by atoms with van der Waals surface area (Å²) in [5.74, 6) is -1.30. The normalized spacial score (nSPS) is 12.4. The minimum atomic E-state index is -1.47. The van der Waals surface area contributed by atoms with Crippen molar-refractivity contribution in [3.8, 4) is 5.75 Å². The molecule has 0 spiro atoms. The zero-order valence-corrected chi connectivity index (χ0v) is 11.3. The molecule has 20 heavy (non-hydrogen) atoms. The van der Waals surface area contributed by atoms with Crippen molar-refractivity contribution in [3.63, 3.8) is 0 Å². The Bertz CT molecular complexity index is 579. The monoisotopic (exact) mass is 282 g/mol. The van der Waals surface area contributed by atoms with E-state index in [0.29, 0.717) is 12.3 Å². The fourth-order valence-electron chi connectivity index (χ4n) is 2.11. The molecule has 0 bridgehead atoms. The number of hydrogen-bond donors (Lipinski definition) is 1. The number of aromatic nitrogens is 2. The Labute approximate surface area is 115 Å². The molecule has 6 heteroatoms. The third-order valence-electron chi connectivity index (χ3n) is 3.03. The van der Waals surface area contributed by atoms with Crippen molar-refractivity contribution < 1.29 is 18.6 Å². The van der Waals surface area contributed by atoms with Crippen molar-refractivity contribution in [2.75, 3.05) is 7.11 Å². The maximum Gasteiger partial charge on any atom is 0.163 e. The summed E-state index contributed by atoms with van der Waals surface area (Å²) < 4.78 is 34.2. The summed E-state index contributed by atoms with van der Waals surface area (Å²) in [5, 5.41) is 14.4. The number of aryl methyl sites for hydroxylation is 1. The molecule has 1 aromatic heterocycles. The second-order valence-corrected chi connectivity index (χ2v) is 4.36. The van der Waals surface area contributed by atoms with E-state index in [9.17, 15) is 13.9 Å². The predicted octanol–water partition coefficient (Wildman–Crippen LogP) is 2.66. The van der Waals surface area contributed by atoms with Crippen LogP contribution in [0, 0.1) is 11.6 Å². The molecule has 0 fully saturated rings. The Morgan fingerprint density at radius 1 is 1.35 bits per heavy atom. The molecule has 1 atom stereocenters. The van der Waals surface area contributed by atoms with Gasteiger partial charge in [-0.25, -0.2) is 8.78 Å². The average Bonchev–Trinajstić information content (AvgIpc) is 2.81. The van der Waals surface area contributed by atoms with Gasteiger partial charge in [0.15, 0.2) is 5.75 Å². The maximum absolute atomic E-state index is 13.8. The Morgan fingerprint density at radius 2 is 2.00 bits per heavy atom. The van der Waals surface area contributed by atoms with E-state index in [2.05, 4.69) is 5.10 Å². The number of halogens is 2. The molecule has 1 N–H and O–H groups in total. The van der Waals surface area contributed by atoms with Gasteiger partial charge in [0.25, 0.3) is 0 Å². The lowest BCUT2D eigenvalue weighted by Gasteiger charge is -2.16. The molecule has 1 unspecified atom stereocenters. The van der Waals surface area contributed by atoms with Crippen LogP contribution in [0.2, 0.25) is 0 Å². The molecule has 0 aliphatic rings. The Hall–Kier alpha value is -1.95. The molecule has 0 amide bonds. The summed E-state index contributed by atoms with van der Waals surface area (Å²) in [6.45, 7) is 2.46. The van der Waals surface area contributed by atoms with Gasteiger partial charge >= 0.3 is 0 Å². The number of hydrogen-bond acceptors (Lipinski definition) is 3. The summed E-state index contributed by atoms with van der Waals surface area (Å²) in [7, 11) is 1.42.